The monoisotopic (exact) mass is 626 g/mol. The Kier molecular flexibility index (Phi) is 16.2. The highest BCUT2D eigenvalue weighted by Crippen LogP contribution is 2.43. The van der Waals surface area contributed by atoms with Gasteiger partial charge in [0.15, 0.2) is 0 Å². The van der Waals surface area contributed by atoms with E-state index in [2.05, 4.69) is 0 Å². The molecule has 236 valence electrons. The third kappa shape index (κ3) is 13.7. The molecule has 0 radical (unpaired) electrons. The number of aliphatic hydroxyl groups is 4. The van der Waals surface area contributed by atoms with Crippen LogP contribution in [0.4, 0.5) is 79.0 Å². The molecule has 0 bridgehead atoms. The highest BCUT2D eigenvalue weighted by atomic mass is 19.4. The van der Waals surface area contributed by atoms with Crippen LogP contribution in [0.3, 0.4) is 0 Å². The Morgan fingerprint density at radius 1 is 0.447 bits per heavy atom. The molecule has 0 aliphatic carbocycles. The average Bonchev–Trinajstić information content (AvgIpc) is 2.49. The summed E-state index contributed by atoms with van der Waals surface area (Å²) in [5.41, 5.74) is -9.25. The van der Waals surface area contributed by atoms with Gasteiger partial charge in [-0.2, -0.15) is 79.0 Å². The molecule has 0 saturated heterocycles. The van der Waals surface area contributed by atoms with Gasteiger partial charge in [0.25, 0.3) is 17.2 Å². The molecule has 0 aliphatic heterocycles. The smallest absolute Gasteiger partial charge is 0.452 e. The van der Waals surface area contributed by atoms with Crippen LogP contribution in [0.1, 0.15) is 20.8 Å². The van der Waals surface area contributed by atoms with E-state index < -0.39 is 60.0 Å². The standard InChI is InChI=1S/2C4H4F6O.C3H2F6O2.C2H4O2.H2O/c2*1-2(11,3(5,6)7)4(8,9)10;4-2(5,6)1(10,11)3(7,8)9;1-2(3)4;/h2*11H,1H3;10-11H;1H3,(H,3,4);1H2. The van der Waals surface area contributed by atoms with Crippen molar-refractivity contribution in [3.8, 4) is 0 Å². The van der Waals surface area contributed by atoms with Crippen molar-refractivity contribution in [2.75, 3.05) is 0 Å². The van der Waals surface area contributed by atoms with Gasteiger partial charge in [0.05, 0.1) is 0 Å². The molecule has 0 unspecified atom stereocenters. The van der Waals surface area contributed by atoms with E-state index in [1.807, 2.05) is 0 Å². The number of alkyl halides is 18. The predicted octanol–water partition coefficient (Wildman–Crippen LogP) is 3.78. The van der Waals surface area contributed by atoms with Crippen LogP contribution < -0.4 is 0 Å². The molecule has 0 aromatic carbocycles. The molecule has 0 spiro atoms. The summed E-state index contributed by atoms with van der Waals surface area (Å²) >= 11 is 0. The SMILES string of the molecule is CC(=O)O.CC(O)(C(F)(F)F)C(F)(F)F.CC(O)(C(F)(F)F)C(F)(F)F.O.OC(O)(C(F)(F)F)C(F)(F)F. The molecular weight excluding hydrogens is 610 g/mol. The van der Waals surface area contributed by atoms with E-state index in [0.717, 1.165) is 6.92 Å². The summed E-state index contributed by atoms with van der Waals surface area (Å²) in [6.45, 7) is 0.403. The second-order valence-electron chi connectivity index (χ2n) is 6.32. The van der Waals surface area contributed by atoms with E-state index in [9.17, 15) is 79.0 Å². The van der Waals surface area contributed by atoms with Crippen LogP contribution in [0.25, 0.3) is 0 Å². The second kappa shape index (κ2) is 13.4. The summed E-state index contributed by atoms with van der Waals surface area (Å²) in [4.78, 5) is 9.00. The van der Waals surface area contributed by atoms with Crippen molar-refractivity contribution in [3.05, 3.63) is 0 Å². The predicted molar refractivity (Wildman–Crippen MR) is 81.7 cm³/mol. The van der Waals surface area contributed by atoms with Gasteiger partial charge in [0, 0.05) is 6.92 Å². The lowest BCUT2D eigenvalue weighted by molar-refractivity contribution is -0.445. The molecule has 38 heavy (non-hydrogen) atoms. The van der Waals surface area contributed by atoms with Crippen LogP contribution >= 0.6 is 0 Å². The van der Waals surface area contributed by atoms with Crippen LogP contribution in [-0.2, 0) is 4.79 Å². The van der Waals surface area contributed by atoms with Gasteiger partial charge in [-0.3, -0.25) is 4.79 Å². The first kappa shape index (κ1) is 45.9. The van der Waals surface area contributed by atoms with Gasteiger partial charge in [-0.05, 0) is 13.8 Å². The number of halogens is 18. The molecular formula is C13H16F18O7. The maximum absolute atomic E-state index is 11.4. The van der Waals surface area contributed by atoms with Crippen LogP contribution in [0.2, 0.25) is 0 Å². The summed E-state index contributed by atoms with van der Waals surface area (Å²) < 4.78 is 203. The Hall–Kier alpha value is -1.99. The van der Waals surface area contributed by atoms with E-state index in [0.29, 0.717) is 0 Å². The van der Waals surface area contributed by atoms with Gasteiger partial charge < -0.3 is 31.0 Å². The number of carbonyl (C=O) groups is 1. The fraction of sp³-hybridized carbons (Fsp3) is 0.923. The maximum Gasteiger partial charge on any atom is 0.452 e. The van der Waals surface area contributed by atoms with Crippen LogP contribution in [0.15, 0.2) is 0 Å². The largest absolute Gasteiger partial charge is 0.481 e. The Labute approximate surface area is 197 Å². The Morgan fingerprint density at radius 3 is 0.553 bits per heavy atom. The molecule has 0 aromatic heterocycles. The lowest BCUT2D eigenvalue weighted by Gasteiger charge is -2.28. The molecule has 7 nitrogen and oxygen atoms in total. The van der Waals surface area contributed by atoms with Crippen LogP contribution in [0, 0.1) is 0 Å². The zero-order chi connectivity index (χ0) is 32.1. The van der Waals surface area contributed by atoms with Crippen molar-refractivity contribution >= 4 is 5.97 Å². The zero-order valence-corrected chi connectivity index (χ0v) is 17.9. The third-order valence-electron chi connectivity index (χ3n) is 3.00. The van der Waals surface area contributed by atoms with Gasteiger partial charge >= 0.3 is 42.8 Å². The van der Waals surface area contributed by atoms with E-state index in [1.165, 1.54) is 0 Å². The lowest BCUT2D eigenvalue weighted by Crippen LogP contribution is -2.56. The first-order valence-electron chi connectivity index (χ1n) is 7.72. The molecule has 0 rings (SSSR count). The number of hydrogen-bond acceptors (Lipinski definition) is 5. The molecule has 25 heteroatoms. The van der Waals surface area contributed by atoms with Gasteiger partial charge in [0.1, 0.15) is 0 Å². The van der Waals surface area contributed by atoms with E-state index in [4.69, 9.17) is 30.3 Å². The highest BCUT2D eigenvalue weighted by Gasteiger charge is 2.70. The van der Waals surface area contributed by atoms with E-state index in [-0.39, 0.29) is 19.3 Å². The first-order chi connectivity index (χ1) is 15.2. The summed E-state index contributed by atoms with van der Waals surface area (Å²) in [5, 5.41) is 38.3. The highest BCUT2D eigenvalue weighted by molar-refractivity contribution is 5.62. The van der Waals surface area contributed by atoms with Gasteiger partial charge in [0.2, 0.25) is 0 Å². The fourth-order valence-electron chi connectivity index (χ4n) is 0.482. The molecule has 0 aromatic rings. The van der Waals surface area contributed by atoms with Crippen molar-refractivity contribution in [2.45, 2.75) is 74.8 Å². The van der Waals surface area contributed by atoms with Crippen molar-refractivity contribution in [3.63, 3.8) is 0 Å². The van der Waals surface area contributed by atoms with Crippen molar-refractivity contribution in [1.82, 2.24) is 0 Å². The summed E-state index contributed by atoms with van der Waals surface area (Å²) in [6, 6.07) is 0. The zero-order valence-electron chi connectivity index (χ0n) is 17.9. The summed E-state index contributed by atoms with van der Waals surface area (Å²) in [5.74, 6) is -6.46. The average molecular weight is 626 g/mol. The Bertz CT molecular complexity index is 555. The van der Waals surface area contributed by atoms with Gasteiger partial charge in [-0.15, -0.1) is 0 Å². The van der Waals surface area contributed by atoms with Gasteiger partial charge in [-0.25, -0.2) is 0 Å². The number of carboxylic acids is 1. The minimum atomic E-state index is -6.13. The van der Waals surface area contributed by atoms with Crippen molar-refractivity contribution in [1.29, 1.82) is 0 Å². The summed E-state index contributed by atoms with van der Waals surface area (Å²) in [6.07, 6.45) is -35.0. The number of carboxylic acid groups (broad SMARTS) is 1. The molecule has 7 N–H and O–H groups in total. The lowest BCUT2D eigenvalue weighted by atomic mass is 10.1. The minimum absolute atomic E-state index is 0. The topological polar surface area (TPSA) is 150 Å². The molecule has 0 saturated carbocycles. The molecule has 0 amide bonds. The molecule has 0 atom stereocenters. The summed E-state index contributed by atoms with van der Waals surface area (Å²) in [7, 11) is 0. The normalized spacial score (nSPS) is 13.9. The van der Waals surface area contributed by atoms with Crippen LogP contribution in [0.5, 0.6) is 0 Å². The fourth-order valence-corrected chi connectivity index (χ4v) is 0.482. The quantitative estimate of drug-likeness (QED) is 0.204. The van der Waals surface area contributed by atoms with Crippen LogP contribution in [-0.4, -0.2) is 91.0 Å². The number of aliphatic carboxylic acids is 1. The first-order valence-corrected chi connectivity index (χ1v) is 7.72. The third-order valence-corrected chi connectivity index (χ3v) is 3.00. The van der Waals surface area contributed by atoms with E-state index >= 15 is 0 Å². The second-order valence-corrected chi connectivity index (χ2v) is 6.32. The van der Waals surface area contributed by atoms with Crippen molar-refractivity contribution in [2.24, 2.45) is 0 Å². The number of hydrogen-bond donors (Lipinski definition) is 5. The van der Waals surface area contributed by atoms with Crippen molar-refractivity contribution < 1.29 is 115 Å². The Morgan fingerprint density at radius 2 is 0.553 bits per heavy atom. The van der Waals surface area contributed by atoms with Gasteiger partial charge in [-0.1, -0.05) is 0 Å². The molecule has 0 fully saturated rings. The molecule has 0 heterocycles. The van der Waals surface area contributed by atoms with E-state index in [1.54, 1.807) is 0 Å². The Balaban J connectivity index is -0.000000132. The maximum atomic E-state index is 11.4. The molecule has 0 aliphatic rings. The number of rotatable bonds is 0. The minimum Gasteiger partial charge on any atom is -0.481 e.